The lowest BCUT2D eigenvalue weighted by atomic mass is 10.1. The van der Waals surface area contributed by atoms with Crippen LogP contribution in [0.1, 0.15) is 15.9 Å². The molecule has 134 valence electrons. The maximum Gasteiger partial charge on any atom is 0.295 e. The van der Waals surface area contributed by atoms with E-state index in [1.807, 2.05) is 6.92 Å². The number of hydrogen-bond acceptors (Lipinski definition) is 5. The van der Waals surface area contributed by atoms with E-state index in [1.54, 1.807) is 18.2 Å². The third-order valence-corrected chi connectivity index (χ3v) is 4.78. The highest BCUT2D eigenvalue weighted by Crippen LogP contribution is 2.30. The molecule has 0 saturated carbocycles. The van der Waals surface area contributed by atoms with Crippen molar-refractivity contribution in [3.8, 4) is 5.75 Å². The zero-order chi connectivity index (χ0) is 19.1. The highest BCUT2D eigenvalue weighted by Gasteiger charge is 2.18. The summed E-state index contributed by atoms with van der Waals surface area (Å²) in [4.78, 5) is 12.0. The maximum atomic E-state index is 12.5. The standard InChI is InChI=1S/C18H16N2O5S/c1-10-2-5-14(16(19)6-10)18(22)20-12-7-11-3-4-13(21)9-15(11)17(8-12)26(23,24)25/h2-9,21H,19H2,1H3,(H,20,22)(H,23,24,25). The Labute approximate surface area is 149 Å². The molecule has 7 nitrogen and oxygen atoms in total. The highest BCUT2D eigenvalue weighted by molar-refractivity contribution is 7.86. The van der Waals surface area contributed by atoms with Crippen LogP contribution in [-0.2, 0) is 10.1 Å². The van der Waals surface area contributed by atoms with E-state index < -0.39 is 20.9 Å². The number of carbonyl (C=O) groups excluding carboxylic acids is 1. The molecular weight excluding hydrogens is 356 g/mol. The first-order chi connectivity index (χ1) is 12.1. The molecule has 0 atom stereocenters. The van der Waals surface area contributed by atoms with Crippen molar-refractivity contribution in [2.24, 2.45) is 0 Å². The minimum absolute atomic E-state index is 0.139. The molecule has 8 heteroatoms. The van der Waals surface area contributed by atoms with Gasteiger partial charge in [0.25, 0.3) is 16.0 Å². The predicted octanol–water partition coefficient (Wildman–Crippen LogP) is 2.94. The molecule has 0 radical (unpaired) electrons. The molecule has 0 aliphatic rings. The predicted molar refractivity (Wildman–Crippen MR) is 99.0 cm³/mol. The molecule has 0 heterocycles. The molecule has 0 aliphatic heterocycles. The molecule has 0 bridgehead atoms. The summed E-state index contributed by atoms with van der Waals surface area (Å²) in [5.41, 5.74) is 7.47. The number of rotatable bonds is 3. The molecule has 0 saturated heterocycles. The van der Waals surface area contributed by atoms with Gasteiger partial charge in [0.05, 0.1) is 5.56 Å². The molecule has 0 aromatic heterocycles. The molecular formula is C18H16N2O5S. The van der Waals surface area contributed by atoms with Gasteiger partial charge < -0.3 is 16.2 Å². The van der Waals surface area contributed by atoms with Gasteiger partial charge in [-0.05, 0) is 54.3 Å². The number of aryl methyl sites for hydroxylation is 1. The zero-order valence-electron chi connectivity index (χ0n) is 13.7. The van der Waals surface area contributed by atoms with Crippen LogP contribution in [0.2, 0.25) is 0 Å². The number of phenolic OH excluding ortho intramolecular Hbond substituents is 1. The van der Waals surface area contributed by atoms with Crippen molar-refractivity contribution in [3.63, 3.8) is 0 Å². The van der Waals surface area contributed by atoms with Crippen LogP contribution in [0.3, 0.4) is 0 Å². The summed E-state index contributed by atoms with van der Waals surface area (Å²) in [5, 5.41) is 12.7. The SMILES string of the molecule is Cc1ccc(C(=O)Nc2cc(S(=O)(=O)O)c3cc(O)ccc3c2)c(N)c1. The summed E-state index contributed by atoms with van der Waals surface area (Å²) in [6.45, 7) is 1.84. The van der Waals surface area contributed by atoms with Gasteiger partial charge in [-0.15, -0.1) is 0 Å². The van der Waals surface area contributed by atoms with Gasteiger partial charge >= 0.3 is 0 Å². The van der Waals surface area contributed by atoms with E-state index in [0.29, 0.717) is 11.1 Å². The van der Waals surface area contributed by atoms with Gasteiger partial charge in [0.15, 0.2) is 0 Å². The van der Waals surface area contributed by atoms with E-state index in [0.717, 1.165) is 11.6 Å². The van der Waals surface area contributed by atoms with Crippen LogP contribution in [0, 0.1) is 6.92 Å². The first-order valence-electron chi connectivity index (χ1n) is 7.57. The van der Waals surface area contributed by atoms with Crippen molar-refractivity contribution in [3.05, 3.63) is 59.7 Å². The Bertz CT molecular complexity index is 1140. The second-order valence-electron chi connectivity index (χ2n) is 5.90. The van der Waals surface area contributed by atoms with Gasteiger partial charge in [0.1, 0.15) is 10.6 Å². The Morgan fingerprint density at radius 2 is 1.81 bits per heavy atom. The smallest absolute Gasteiger partial charge is 0.295 e. The summed E-state index contributed by atoms with van der Waals surface area (Å²) < 4.78 is 32.9. The number of nitrogen functional groups attached to an aromatic ring is 1. The van der Waals surface area contributed by atoms with Crippen molar-refractivity contribution in [1.29, 1.82) is 0 Å². The van der Waals surface area contributed by atoms with Crippen LogP contribution in [0.25, 0.3) is 10.8 Å². The molecule has 3 aromatic carbocycles. The fourth-order valence-corrected chi connectivity index (χ4v) is 3.42. The van der Waals surface area contributed by atoms with Crippen molar-refractivity contribution < 1.29 is 22.9 Å². The maximum absolute atomic E-state index is 12.5. The quantitative estimate of drug-likeness (QED) is 0.413. The fraction of sp³-hybridized carbons (Fsp3) is 0.0556. The van der Waals surface area contributed by atoms with Crippen LogP contribution in [0.4, 0.5) is 11.4 Å². The number of nitrogens with one attached hydrogen (secondary N) is 1. The second kappa shape index (κ2) is 6.32. The summed E-state index contributed by atoms with van der Waals surface area (Å²) in [7, 11) is -4.57. The zero-order valence-corrected chi connectivity index (χ0v) is 14.5. The summed E-state index contributed by atoms with van der Waals surface area (Å²) in [6, 6.07) is 11.7. The molecule has 0 aliphatic carbocycles. The molecule has 3 rings (SSSR count). The Morgan fingerprint density at radius 3 is 2.46 bits per heavy atom. The second-order valence-corrected chi connectivity index (χ2v) is 7.29. The van der Waals surface area contributed by atoms with E-state index in [2.05, 4.69) is 5.32 Å². The first-order valence-corrected chi connectivity index (χ1v) is 9.01. The number of nitrogens with two attached hydrogens (primary N) is 1. The molecule has 26 heavy (non-hydrogen) atoms. The van der Waals surface area contributed by atoms with Crippen molar-refractivity contribution >= 4 is 38.2 Å². The van der Waals surface area contributed by atoms with Crippen molar-refractivity contribution in [2.75, 3.05) is 11.1 Å². The number of benzene rings is 3. The van der Waals surface area contributed by atoms with Crippen LogP contribution >= 0.6 is 0 Å². The molecule has 3 aromatic rings. The summed E-state index contributed by atoms with van der Waals surface area (Å²) in [6.07, 6.45) is 0. The molecule has 5 N–H and O–H groups in total. The van der Waals surface area contributed by atoms with E-state index in [1.165, 1.54) is 24.3 Å². The van der Waals surface area contributed by atoms with Crippen LogP contribution in [0.5, 0.6) is 5.75 Å². The van der Waals surface area contributed by atoms with Gasteiger partial charge in [-0.2, -0.15) is 8.42 Å². The fourth-order valence-electron chi connectivity index (χ4n) is 2.68. The van der Waals surface area contributed by atoms with Gasteiger partial charge in [-0.1, -0.05) is 12.1 Å². The third-order valence-electron chi connectivity index (χ3n) is 3.89. The van der Waals surface area contributed by atoms with Gasteiger partial charge in [-0.3, -0.25) is 9.35 Å². The largest absolute Gasteiger partial charge is 0.508 e. The van der Waals surface area contributed by atoms with Crippen molar-refractivity contribution in [2.45, 2.75) is 11.8 Å². The van der Waals surface area contributed by atoms with Gasteiger partial charge in [0.2, 0.25) is 0 Å². The normalized spacial score (nSPS) is 11.5. The number of phenols is 1. The summed E-state index contributed by atoms with van der Waals surface area (Å²) in [5.74, 6) is -0.659. The summed E-state index contributed by atoms with van der Waals surface area (Å²) >= 11 is 0. The van der Waals surface area contributed by atoms with E-state index in [-0.39, 0.29) is 22.4 Å². The average molecular weight is 372 g/mol. The third kappa shape index (κ3) is 3.46. The number of fused-ring (bicyclic) bond motifs is 1. The Morgan fingerprint density at radius 1 is 1.08 bits per heavy atom. The average Bonchev–Trinajstić information content (AvgIpc) is 2.53. The lowest BCUT2D eigenvalue weighted by Gasteiger charge is -2.11. The van der Waals surface area contributed by atoms with E-state index in [9.17, 15) is 22.9 Å². The van der Waals surface area contributed by atoms with E-state index >= 15 is 0 Å². The number of carbonyl (C=O) groups is 1. The van der Waals surface area contributed by atoms with Gasteiger partial charge in [0, 0.05) is 16.8 Å². The van der Waals surface area contributed by atoms with E-state index in [4.69, 9.17) is 5.73 Å². The molecule has 0 spiro atoms. The lowest BCUT2D eigenvalue weighted by Crippen LogP contribution is -2.14. The first kappa shape index (κ1) is 17.7. The number of aromatic hydroxyl groups is 1. The van der Waals surface area contributed by atoms with Crippen molar-refractivity contribution in [1.82, 2.24) is 0 Å². The number of hydrogen-bond donors (Lipinski definition) is 4. The number of anilines is 2. The number of amides is 1. The minimum Gasteiger partial charge on any atom is -0.508 e. The lowest BCUT2D eigenvalue weighted by molar-refractivity contribution is 0.102. The Kier molecular flexibility index (Phi) is 4.31. The topological polar surface area (TPSA) is 130 Å². The molecule has 0 unspecified atom stereocenters. The molecule has 1 amide bonds. The highest BCUT2D eigenvalue weighted by atomic mass is 32.2. The van der Waals surface area contributed by atoms with Gasteiger partial charge in [-0.25, -0.2) is 0 Å². The Balaban J connectivity index is 2.08. The van der Waals surface area contributed by atoms with Crippen LogP contribution < -0.4 is 11.1 Å². The van der Waals surface area contributed by atoms with Crippen LogP contribution in [-0.4, -0.2) is 24.0 Å². The monoisotopic (exact) mass is 372 g/mol. The minimum atomic E-state index is -4.57. The Hall–Kier alpha value is -3.10. The van der Waals surface area contributed by atoms with Crippen LogP contribution in [0.15, 0.2) is 53.4 Å². The molecule has 0 fully saturated rings.